The topological polar surface area (TPSA) is 74.6 Å². The molecule has 1 N–H and O–H groups in total. The zero-order chi connectivity index (χ0) is 22.0. The van der Waals surface area contributed by atoms with Crippen LogP contribution in [0.2, 0.25) is 5.15 Å². The molecule has 6 rings (SSSR count). The van der Waals surface area contributed by atoms with Crippen molar-refractivity contribution >= 4 is 28.3 Å². The molecule has 0 aromatic carbocycles. The van der Waals surface area contributed by atoms with E-state index < -0.39 is 12.0 Å². The highest BCUT2D eigenvalue weighted by molar-refractivity contribution is 6.30. The standard InChI is InChI=1S/C22H26ClF2N5O2/c23-19-16(25)17-15(7-26-19)20(29-8-12-2-3-13(9-29)18(12)31)28-21(27-17)32-11-22-4-1-5-30(22)10-14(24)6-22/h7,12-14,18,31H,1-6,8-11H2/t12-,13+,14-,18?,22+/m1/s1. The quantitative estimate of drug-likeness (QED) is 0.696. The molecule has 0 radical (unpaired) electrons. The Morgan fingerprint density at radius 3 is 2.78 bits per heavy atom. The molecule has 172 valence electrons. The highest BCUT2D eigenvalue weighted by Gasteiger charge is 2.49. The van der Waals surface area contributed by atoms with Crippen LogP contribution in [0.1, 0.15) is 32.1 Å². The van der Waals surface area contributed by atoms with Crippen molar-refractivity contribution < 1.29 is 18.6 Å². The molecule has 3 saturated heterocycles. The lowest BCUT2D eigenvalue weighted by Crippen LogP contribution is -2.45. The maximum atomic E-state index is 14.9. The van der Waals surface area contributed by atoms with E-state index in [1.165, 1.54) is 6.20 Å². The van der Waals surface area contributed by atoms with Gasteiger partial charge in [-0.3, -0.25) is 4.90 Å². The van der Waals surface area contributed by atoms with Crippen LogP contribution in [0.4, 0.5) is 14.6 Å². The minimum atomic E-state index is -0.857. The van der Waals surface area contributed by atoms with Crippen molar-refractivity contribution in [2.75, 3.05) is 37.7 Å². The van der Waals surface area contributed by atoms with Gasteiger partial charge in [-0.1, -0.05) is 11.6 Å². The van der Waals surface area contributed by atoms with Crippen molar-refractivity contribution in [2.45, 2.75) is 49.9 Å². The molecule has 4 aliphatic rings. The molecule has 2 aromatic heterocycles. The van der Waals surface area contributed by atoms with Crippen LogP contribution >= 0.6 is 11.6 Å². The second-order valence-corrected chi connectivity index (χ2v) is 10.2. The molecule has 7 nitrogen and oxygen atoms in total. The molecular weight excluding hydrogens is 440 g/mol. The first-order chi connectivity index (χ1) is 15.4. The second-order valence-electron chi connectivity index (χ2n) is 9.81. The number of aliphatic hydroxyl groups is 1. The summed E-state index contributed by atoms with van der Waals surface area (Å²) in [6, 6.07) is 0.0654. The van der Waals surface area contributed by atoms with Crippen molar-refractivity contribution in [1.82, 2.24) is 19.9 Å². The number of aromatic nitrogens is 3. The lowest BCUT2D eigenvalue weighted by molar-refractivity contribution is 0.0790. The molecule has 1 unspecified atom stereocenters. The van der Waals surface area contributed by atoms with Gasteiger partial charge in [0.1, 0.15) is 24.1 Å². The molecule has 1 saturated carbocycles. The predicted molar refractivity (Wildman–Crippen MR) is 115 cm³/mol. The Morgan fingerprint density at radius 2 is 2.00 bits per heavy atom. The summed E-state index contributed by atoms with van der Waals surface area (Å²) in [7, 11) is 0. The van der Waals surface area contributed by atoms with Gasteiger partial charge in [0, 0.05) is 44.1 Å². The Morgan fingerprint density at radius 1 is 1.22 bits per heavy atom. The van der Waals surface area contributed by atoms with Crippen LogP contribution in [-0.2, 0) is 0 Å². The Kier molecular flexibility index (Phi) is 4.93. The van der Waals surface area contributed by atoms with Gasteiger partial charge in [0.25, 0.3) is 0 Å². The maximum Gasteiger partial charge on any atom is 0.319 e. The van der Waals surface area contributed by atoms with Crippen molar-refractivity contribution in [2.24, 2.45) is 11.8 Å². The smallest absolute Gasteiger partial charge is 0.319 e. The number of pyridine rings is 1. The van der Waals surface area contributed by atoms with Gasteiger partial charge in [-0.25, -0.2) is 13.8 Å². The molecule has 10 heteroatoms. The number of halogens is 3. The number of alkyl halides is 1. The Labute approximate surface area is 189 Å². The summed E-state index contributed by atoms with van der Waals surface area (Å²) in [6.45, 7) is 2.83. The molecular formula is C22H26ClF2N5O2. The van der Waals surface area contributed by atoms with Crippen molar-refractivity contribution in [3.8, 4) is 6.01 Å². The fraction of sp³-hybridized carbons (Fsp3) is 0.682. The number of hydrogen-bond acceptors (Lipinski definition) is 7. The van der Waals surface area contributed by atoms with E-state index in [1.54, 1.807) is 0 Å². The van der Waals surface area contributed by atoms with Gasteiger partial charge in [0.2, 0.25) is 0 Å². The van der Waals surface area contributed by atoms with Crippen LogP contribution in [0.15, 0.2) is 6.20 Å². The van der Waals surface area contributed by atoms with Gasteiger partial charge < -0.3 is 14.7 Å². The van der Waals surface area contributed by atoms with E-state index in [1.807, 2.05) is 0 Å². The number of anilines is 1. The van der Waals surface area contributed by atoms with E-state index in [4.69, 9.17) is 16.3 Å². The van der Waals surface area contributed by atoms with Crippen molar-refractivity contribution in [3.05, 3.63) is 17.2 Å². The summed E-state index contributed by atoms with van der Waals surface area (Å²) in [5, 5.41) is 10.6. The van der Waals surface area contributed by atoms with E-state index in [0.29, 0.717) is 37.3 Å². The van der Waals surface area contributed by atoms with Gasteiger partial charge in [0.05, 0.1) is 17.0 Å². The molecule has 2 bridgehead atoms. The largest absolute Gasteiger partial charge is 0.461 e. The third-order valence-corrected chi connectivity index (χ3v) is 8.18. The average molecular weight is 466 g/mol. The van der Waals surface area contributed by atoms with Gasteiger partial charge in [-0.05, 0) is 32.2 Å². The molecule has 5 heterocycles. The number of ether oxygens (including phenoxy) is 1. The first-order valence-electron chi connectivity index (χ1n) is 11.4. The number of nitrogens with zero attached hydrogens (tertiary/aromatic N) is 5. The lowest BCUT2D eigenvalue weighted by Gasteiger charge is -2.36. The fourth-order valence-corrected chi connectivity index (χ4v) is 6.46. The molecule has 1 aliphatic carbocycles. The summed E-state index contributed by atoms with van der Waals surface area (Å²) in [4.78, 5) is 17.2. The predicted octanol–water partition coefficient (Wildman–Crippen LogP) is 2.98. The summed E-state index contributed by atoms with van der Waals surface area (Å²) in [5.41, 5.74) is -0.278. The molecule has 0 amide bonds. The molecule has 5 atom stereocenters. The van der Waals surface area contributed by atoms with Crippen LogP contribution in [0.3, 0.4) is 0 Å². The minimum Gasteiger partial charge on any atom is -0.461 e. The van der Waals surface area contributed by atoms with Gasteiger partial charge >= 0.3 is 6.01 Å². The zero-order valence-electron chi connectivity index (χ0n) is 17.7. The number of aliphatic hydroxyl groups excluding tert-OH is 1. The number of piperidine rings is 1. The van der Waals surface area contributed by atoms with Crippen LogP contribution in [0.5, 0.6) is 6.01 Å². The van der Waals surface area contributed by atoms with Crippen molar-refractivity contribution in [3.63, 3.8) is 0 Å². The lowest BCUT2D eigenvalue weighted by atomic mass is 9.95. The normalized spacial score (nSPS) is 34.4. The molecule has 32 heavy (non-hydrogen) atoms. The second kappa shape index (κ2) is 7.60. The number of fused-ring (bicyclic) bond motifs is 4. The van der Waals surface area contributed by atoms with Gasteiger partial charge in [0.15, 0.2) is 11.0 Å². The van der Waals surface area contributed by atoms with E-state index >= 15 is 0 Å². The van der Waals surface area contributed by atoms with Crippen molar-refractivity contribution in [1.29, 1.82) is 0 Å². The third kappa shape index (κ3) is 3.23. The Hall–Kier alpha value is -1.84. The van der Waals surface area contributed by atoms with E-state index in [9.17, 15) is 13.9 Å². The molecule has 0 spiro atoms. The molecule has 3 aliphatic heterocycles. The average Bonchev–Trinajstić information content (AvgIpc) is 3.34. The first-order valence-corrected chi connectivity index (χ1v) is 11.8. The minimum absolute atomic E-state index is 0.0654. The maximum absolute atomic E-state index is 14.9. The highest BCUT2D eigenvalue weighted by Crippen LogP contribution is 2.42. The monoisotopic (exact) mass is 465 g/mol. The summed E-state index contributed by atoms with van der Waals surface area (Å²) in [5.74, 6) is 0.175. The summed E-state index contributed by atoms with van der Waals surface area (Å²) in [6.07, 6.45) is 4.58. The van der Waals surface area contributed by atoms with Gasteiger partial charge in [-0.15, -0.1) is 0 Å². The zero-order valence-corrected chi connectivity index (χ0v) is 18.4. The van der Waals surface area contributed by atoms with E-state index in [0.717, 1.165) is 32.2 Å². The van der Waals surface area contributed by atoms with Gasteiger partial charge in [-0.2, -0.15) is 9.97 Å². The fourth-order valence-electron chi connectivity index (χ4n) is 6.32. The summed E-state index contributed by atoms with van der Waals surface area (Å²) < 4.78 is 35.0. The van der Waals surface area contributed by atoms with Crippen LogP contribution in [-0.4, -0.2) is 75.6 Å². The molecule has 4 fully saturated rings. The molecule has 2 aromatic rings. The van der Waals surface area contributed by atoms with Crippen LogP contribution in [0.25, 0.3) is 10.9 Å². The Balaban J connectivity index is 1.35. The van der Waals surface area contributed by atoms with Crippen LogP contribution in [0, 0.1) is 17.7 Å². The highest BCUT2D eigenvalue weighted by atomic mass is 35.5. The number of rotatable bonds is 4. The van der Waals surface area contributed by atoms with E-state index in [-0.39, 0.29) is 46.8 Å². The third-order valence-electron chi connectivity index (χ3n) is 7.92. The van der Waals surface area contributed by atoms with E-state index in [2.05, 4.69) is 24.8 Å². The first kappa shape index (κ1) is 20.7. The SMILES string of the molecule is OC1[C@@H]2CC[C@H]1CN(c1nc(OC[C@@]34CCCN3C[C@H](F)C4)nc3c(F)c(Cl)ncc13)C2. The van der Waals surface area contributed by atoms with Crippen LogP contribution < -0.4 is 9.64 Å². The Bertz CT molecular complexity index is 1050. The number of hydrogen-bond donors (Lipinski definition) is 1. The summed E-state index contributed by atoms with van der Waals surface area (Å²) >= 11 is 5.94.